The first-order valence-electron chi connectivity index (χ1n) is 4.75. The van der Waals surface area contributed by atoms with E-state index in [9.17, 15) is 4.39 Å². The number of hydrogen-bond donors (Lipinski definition) is 1. The van der Waals surface area contributed by atoms with E-state index < -0.39 is 0 Å². The van der Waals surface area contributed by atoms with Crippen LogP contribution in [0.25, 0.3) is 0 Å². The molecule has 0 aliphatic heterocycles. The Morgan fingerprint density at radius 2 is 2.31 bits per heavy atom. The first-order chi connectivity index (χ1) is 7.65. The van der Waals surface area contributed by atoms with Gasteiger partial charge in [-0.1, -0.05) is 22.0 Å². The molecule has 0 amide bonds. The maximum atomic E-state index is 13.5. The number of hydrogen-bond acceptors (Lipinski definition) is 3. The zero-order valence-corrected chi connectivity index (χ0v) is 11.0. The zero-order valence-electron chi connectivity index (χ0n) is 8.63. The predicted octanol–water partition coefficient (Wildman–Crippen LogP) is 3.97. The van der Waals surface area contributed by atoms with Gasteiger partial charge in [0.2, 0.25) is 0 Å². The summed E-state index contributed by atoms with van der Waals surface area (Å²) in [5.74, 6) is -0.213. The Morgan fingerprint density at radius 1 is 1.50 bits per heavy atom. The molecule has 0 radical (unpaired) electrons. The van der Waals surface area contributed by atoms with Crippen molar-refractivity contribution in [2.24, 2.45) is 0 Å². The van der Waals surface area contributed by atoms with Gasteiger partial charge in [0.25, 0.3) is 0 Å². The molecule has 0 saturated carbocycles. The predicted molar refractivity (Wildman–Crippen MR) is 68.3 cm³/mol. The lowest BCUT2D eigenvalue weighted by Crippen LogP contribution is -2.01. The van der Waals surface area contributed by atoms with Gasteiger partial charge in [0.05, 0.1) is 0 Å². The molecule has 0 bridgehead atoms. The molecule has 2 rings (SSSR count). The van der Waals surface area contributed by atoms with Crippen molar-refractivity contribution >= 4 is 32.4 Å². The van der Waals surface area contributed by atoms with Crippen molar-refractivity contribution in [1.29, 1.82) is 0 Å². The van der Waals surface area contributed by atoms with Crippen molar-refractivity contribution in [1.82, 2.24) is 4.98 Å². The SMILES string of the molecule is Cc1cnc(NCc2ccc(Br)cc2F)s1. The van der Waals surface area contributed by atoms with Crippen LogP contribution < -0.4 is 5.32 Å². The second kappa shape index (κ2) is 4.93. The van der Waals surface area contributed by atoms with Gasteiger partial charge < -0.3 is 5.32 Å². The smallest absolute Gasteiger partial charge is 0.183 e. The van der Waals surface area contributed by atoms with Crippen LogP contribution in [0.15, 0.2) is 28.9 Å². The van der Waals surface area contributed by atoms with Crippen LogP contribution in [0.5, 0.6) is 0 Å². The number of nitrogens with zero attached hydrogens (tertiary/aromatic N) is 1. The van der Waals surface area contributed by atoms with E-state index in [0.717, 1.165) is 14.5 Å². The molecule has 2 aromatic rings. The number of halogens is 2. The quantitative estimate of drug-likeness (QED) is 0.928. The molecule has 5 heteroatoms. The minimum atomic E-state index is -0.213. The number of nitrogens with one attached hydrogen (secondary N) is 1. The first-order valence-corrected chi connectivity index (χ1v) is 6.36. The van der Waals surface area contributed by atoms with Gasteiger partial charge in [0, 0.05) is 27.7 Å². The van der Waals surface area contributed by atoms with E-state index in [1.54, 1.807) is 23.6 Å². The highest BCUT2D eigenvalue weighted by Crippen LogP contribution is 2.19. The van der Waals surface area contributed by atoms with E-state index in [2.05, 4.69) is 26.2 Å². The Kier molecular flexibility index (Phi) is 3.56. The molecule has 84 valence electrons. The average Bonchev–Trinajstić information content (AvgIpc) is 2.63. The molecule has 1 N–H and O–H groups in total. The lowest BCUT2D eigenvalue weighted by Gasteiger charge is -2.04. The highest BCUT2D eigenvalue weighted by atomic mass is 79.9. The van der Waals surface area contributed by atoms with E-state index in [1.165, 1.54) is 6.07 Å². The van der Waals surface area contributed by atoms with Crippen LogP contribution in [0, 0.1) is 12.7 Å². The number of thiazole rings is 1. The molecule has 0 aliphatic carbocycles. The van der Waals surface area contributed by atoms with Crippen LogP contribution >= 0.6 is 27.3 Å². The Morgan fingerprint density at radius 3 is 2.94 bits per heavy atom. The van der Waals surface area contributed by atoms with Gasteiger partial charge in [-0.05, 0) is 19.1 Å². The van der Waals surface area contributed by atoms with Crippen molar-refractivity contribution in [3.63, 3.8) is 0 Å². The summed E-state index contributed by atoms with van der Waals surface area (Å²) >= 11 is 4.79. The van der Waals surface area contributed by atoms with E-state index in [4.69, 9.17) is 0 Å². The van der Waals surface area contributed by atoms with Crippen LogP contribution in [-0.2, 0) is 6.54 Å². The second-order valence-electron chi connectivity index (χ2n) is 3.37. The van der Waals surface area contributed by atoms with Crippen LogP contribution in [0.2, 0.25) is 0 Å². The summed E-state index contributed by atoms with van der Waals surface area (Å²) in [7, 11) is 0. The Bertz CT molecular complexity index is 498. The summed E-state index contributed by atoms with van der Waals surface area (Å²) in [6, 6.07) is 5.05. The van der Waals surface area contributed by atoms with Gasteiger partial charge in [-0.15, -0.1) is 11.3 Å². The van der Waals surface area contributed by atoms with E-state index in [0.29, 0.717) is 12.1 Å². The van der Waals surface area contributed by atoms with Gasteiger partial charge in [-0.25, -0.2) is 9.37 Å². The fourth-order valence-electron chi connectivity index (χ4n) is 1.27. The average molecular weight is 301 g/mol. The van der Waals surface area contributed by atoms with Gasteiger partial charge in [-0.3, -0.25) is 0 Å². The summed E-state index contributed by atoms with van der Waals surface area (Å²) in [5.41, 5.74) is 0.635. The lowest BCUT2D eigenvalue weighted by molar-refractivity contribution is 0.612. The molecule has 0 unspecified atom stereocenters. The number of aromatic nitrogens is 1. The molecule has 0 atom stereocenters. The third kappa shape index (κ3) is 2.80. The summed E-state index contributed by atoms with van der Waals surface area (Å²) in [6.45, 7) is 2.44. The van der Waals surface area contributed by atoms with Gasteiger partial charge >= 0.3 is 0 Å². The largest absolute Gasteiger partial charge is 0.357 e. The standard InChI is InChI=1S/C11H10BrFN2S/c1-7-5-14-11(16-7)15-6-8-2-3-9(12)4-10(8)13/h2-5H,6H2,1H3,(H,14,15). The summed E-state index contributed by atoms with van der Waals surface area (Å²) in [6.07, 6.45) is 1.80. The Balaban J connectivity index is 2.04. The summed E-state index contributed by atoms with van der Waals surface area (Å²) < 4.78 is 14.2. The van der Waals surface area contributed by atoms with E-state index >= 15 is 0 Å². The molecule has 1 aromatic carbocycles. The Hall–Kier alpha value is -0.940. The molecule has 0 saturated heterocycles. The van der Waals surface area contributed by atoms with Crippen LogP contribution in [-0.4, -0.2) is 4.98 Å². The van der Waals surface area contributed by atoms with Gasteiger partial charge in [0.15, 0.2) is 5.13 Å². The summed E-state index contributed by atoms with van der Waals surface area (Å²) in [5, 5.41) is 3.91. The zero-order chi connectivity index (χ0) is 11.5. The number of benzene rings is 1. The lowest BCUT2D eigenvalue weighted by atomic mass is 10.2. The minimum absolute atomic E-state index is 0.213. The van der Waals surface area contributed by atoms with E-state index in [-0.39, 0.29) is 5.82 Å². The maximum Gasteiger partial charge on any atom is 0.183 e. The Labute approximate surface area is 106 Å². The van der Waals surface area contributed by atoms with Crippen molar-refractivity contribution in [2.75, 3.05) is 5.32 Å². The summed E-state index contributed by atoms with van der Waals surface area (Å²) in [4.78, 5) is 5.29. The molecule has 16 heavy (non-hydrogen) atoms. The monoisotopic (exact) mass is 300 g/mol. The van der Waals surface area contributed by atoms with Crippen molar-refractivity contribution in [2.45, 2.75) is 13.5 Å². The molecule has 0 spiro atoms. The van der Waals surface area contributed by atoms with Crippen LogP contribution in [0.3, 0.4) is 0 Å². The van der Waals surface area contributed by atoms with E-state index in [1.807, 2.05) is 13.0 Å². The molecule has 1 heterocycles. The molecule has 2 nitrogen and oxygen atoms in total. The normalized spacial score (nSPS) is 10.4. The number of anilines is 1. The van der Waals surface area contributed by atoms with Crippen molar-refractivity contribution in [3.8, 4) is 0 Å². The van der Waals surface area contributed by atoms with Crippen LogP contribution in [0.1, 0.15) is 10.4 Å². The number of rotatable bonds is 3. The molecular formula is C11H10BrFN2S. The second-order valence-corrected chi connectivity index (χ2v) is 5.52. The first kappa shape index (κ1) is 11.5. The topological polar surface area (TPSA) is 24.9 Å². The maximum absolute atomic E-state index is 13.5. The van der Waals surface area contributed by atoms with Gasteiger partial charge in [-0.2, -0.15) is 0 Å². The third-order valence-electron chi connectivity index (χ3n) is 2.07. The molecule has 0 aliphatic rings. The highest BCUT2D eigenvalue weighted by Gasteiger charge is 2.03. The van der Waals surface area contributed by atoms with Crippen molar-refractivity contribution < 1.29 is 4.39 Å². The molecule has 0 fully saturated rings. The third-order valence-corrected chi connectivity index (χ3v) is 3.43. The number of aryl methyl sites for hydroxylation is 1. The fourth-order valence-corrected chi connectivity index (χ4v) is 2.27. The van der Waals surface area contributed by atoms with Crippen molar-refractivity contribution in [3.05, 3.63) is 45.1 Å². The highest BCUT2D eigenvalue weighted by molar-refractivity contribution is 9.10. The van der Waals surface area contributed by atoms with Crippen LogP contribution in [0.4, 0.5) is 9.52 Å². The fraction of sp³-hybridized carbons (Fsp3) is 0.182. The molecular weight excluding hydrogens is 291 g/mol. The van der Waals surface area contributed by atoms with Gasteiger partial charge in [0.1, 0.15) is 5.82 Å². The molecule has 1 aromatic heterocycles. The minimum Gasteiger partial charge on any atom is -0.357 e.